The van der Waals surface area contributed by atoms with Crippen molar-refractivity contribution >= 4 is 12.4 Å². The molecule has 5 nitrogen and oxygen atoms in total. The molecule has 2 aromatic rings. The van der Waals surface area contributed by atoms with Crippen LogP contribution in [0.4, 0.5) is 0 Å². The Morgan fingerprint density at radius 2 is 1.50 bits per heavy atom. The zero-order valence-corrected chi connectivity index (χ0v) is 20.5. The summed E-state index contributed by atoms with van der Waals surface area (Å²) < 4.78 is 4.17. The number of nitrogens with one attached hydrogen (secondary N) is 2. The Morgan fingerprint density at radius 1 is 0.933 bits per heavy atom. The molecule has 0 aliphatic heterocycles. The molecule has 0 atom stereocenters. The predicted octanol–water partition coefficient (Wildman–Crippen LogP) is 4.01. The van der Waals surface area contributed by atoms with Gasteiger partial charge < -0.3 is 20.2 Å². The van der Waals surface area contributed by atoms with Crippen molar-refractivity contribution in [3.63, 3.8) is 0 Å². The molecule has 0 aromatic heterocycles. The minimum absolute atomic E-state index is 0. The van der Waals surface area contributed by atoms with Gasteiger partial charge in [-0.2, -0.15) is 6.41 Å². The number of aryl methyl sites for hydroxylation is 1. The number of esters is 1. The van der Waals surface area contributed by atoms with Gasteiger partial charge in [-0.25, -0.2) is 0 Å². The third-order valence-corrected chi connectivity index (χ3v) is 4.35. The molecule has 2 aromatic carbocycles. The number of hydrogen-bond acceptors (Lipinski definition) is 4. The second kappa shape index (κ2) is 16.3. The first-order valence-corrected chi connectivity index (χ1v) is 10.2. The summed E-state index contributed by atoms with van der Waals surface area (Å²) in [6, 6.07) is 17.9. The Labute approximate surface area is 174 Å². The largest absolute Gasteiger partial charge is 0.521 e. The van der Waals surface area contributed by atoms with Gasteiger partial charge in [0.15, 0.2) is 0 Å². The van der Waals surface area contributed by atoms with E-state index in [1.54, 1.807) is 0 Å². The van der Waals surface area contributed by atoms with Crippen molar-refractivity contribution in [3.05, 3.63) is 59.7 Å². The Bertz CT molecular complexity index is 703. The van der Waals surface area contributed by atoms with Crippen LogP contribution < -0.4 is 10.6 Å². The molecule has 0 heterocycles. The van der Waals surface area contributed by atoms with Crippen LogP contribution in [0.3, 0.4) is 0 Å². The Morgan fingerprint density at radius 3 is 1.97 bits per heavy atom. The summed E-state index contributed by atoms with van der Waals surface area (Å²) in [6.45, 7) is 6.37. The zero-order chi connectivity index (χ0) is 21.3. The first kappa shape index (κ1) is 26.3. The standard InChI is InChI=1S/C20H27N.C4H6NO3.Fm/c1-3-5-6-17-7-11-19(12-8-17)20-13-9-18(10-14-20)16-21-15-4-2;1-8-4(7)2-5-3-6;/h7-14,21H,3-6,15-16H2,1-2H3;2H2,1H3,(H,5,6);/q;-1;. The van der Waals surface area contributed by atoms with Crippen LogP contribution in [0.25, 0.3) is 11.1 Å². The van der Waals surface area contributed by atoms with Crippen molar-refractivity contribution in [1.82, 2.24) is 10.6 Å². The molecule has 0 aliphatic rings. The van der Waals surface area contributed by atoms with E-state index in [1.807, 2.05) is 5.32 Å². The van der Waals surface area contributed by atoms with Crippen LogP contribution in [0.2, 0.25) is 0 Å². The topological polar surface area (TPSA) is 67.4 Å². The summed E-state index contributed by atoms with van der Waals surface area (Å²) in [5.41, 5.74) is 5.41. The normalized spacial score (nSPS) is 9.57. The molecule has 0 saturated heterocycles. The summed E-state index contributed by atoms with van der Waals surface area (Å²) in [6.07, 6.45) is 6.24. The van der Waals surface area contributed by atoms with E-state index in [2.05, 4.69) is 72.4 Å². The predicted molar refractivity (Wildman–Crippen MR) is 118 cm³/mol. The molecule has 0 saturated carbocycles. The van der Waals surface area contributed by atoms with E-state index in [-0.39, 0.29) is 6.54 Å². The first-order chi connectivity index (χ1) is 14.1. The number of carbonyl (C=O) groups excluding carboxylic acids is 2. The van der Waals surface area contributed by atoms with Crippen molar-refractivity contribution < 1.29 is 14.3 Å². The smallest absolute Gasteiger partial charge is 0.322 e. The monoisotopic (exact) mass is 654 g/mol. The van der Waals surface area contributed by atoms with E-state index in [0.717, 1.165) is 13.1 Å². The van der Waals surface area contributed by atoms with Crippen molar-refractivity contribution in [2.75, 3.05) is 20.2 Å². The van der Waals surface area contributed by atoms with E-state index >= 15 is 0 Å². The molecule has 30 heavy (non-hydrogen) atoms. The van der Waals surface area contributed by atoms with Gasteiger partial charge in [0.25, 0.3) is 0 Å². The SMILES string of the molecule is CCCCc1ccc(-c2ccc(CNCCC)cc2)cc1.COC(=O)CN[C-]=O.[Fm]. The van der Waals surface area contributed by atoms with Gasteiger partial charge in [-0.1, -0.05) is 68.8 Å². The molecule has 2 N–H and O–H groups in total. The molecule has 0 unspecified atom stereocenters. The first-order valence-electron chi connectivity index (χ1n) is 10.2. The third kappa shape index (κ3) is 10.6. The molecule has 2 rings (SSSR count). The number of carbonyl (C=O) groups is 1. The fourth-order valence-electron chi connectivity index (χ4n) is 2.65. The summed E-state index contributed by atoms with van der Waals surface area (Å²) in [5, 5.41) is 5.46. The van der Waals surface area contributed by atoms with Gasteiger partial charge in [0.05, 0.1) is 13.7 Å². The molecule has 0 radical (unpaired) electrons. The van der Waals surface area contributed by atoms with Gasteiger partial charge >= 0.3 is 5.97 Å². The molecule has 170 valence electrons. The number of methoxy groups -OCH3 is 1. The summed E-state index contributed by atoms with van der Waals surface area (Å²) in [4.78, 5) is 19.5. The van der Waals surface area contributed by atoms with Crippen LogP contribution in [0, 0.1) is 0 Å². The second-order valence-corrected chi connectivity index (χ2v) is 6.71. The fraction of sp³-hybridized carbons (Fsp3) is 0.417. The van der Waals surface area contributed by atoms with Crippen molar-refractivity contribution in [2.24, 2.45) is 0 Å². The molecular weight excluding hydrogens is 621 g/mol. The quantitative estimate of drug-likeness (QED) is 0.167. The van der Waals surface area contributed by atoms with Gasteiger partial charge in [-0.15, -0.1) is 0 Å². The van der Waals surface area contributed by atoms with Crippen molar-refractivity contribution in [2.45, 2.75) is 46.1 Å². The Kier molecular flexibility index (Phi) is 14.3. The summed E-state index contributed by atoms with van der Waals surface area (Å²) in [7, 11) is 1.24. The van der Waals surface area contributed by atoms with Gasteiger partial charge in [-0.05, 0) is 48.1 Å². The number of rotatable bonds is 11. The Balaban J connectivity index is 0.000000801. The van der Waals surface area contributed by atoms with Crippen LogP contribution >= 0.6 is 0 Å². The minimum Gasteiger partial charge on any atom is -0.521 e. The van der Waals surface area contributed by atoms with Crippen LogP contribution in [-0.4, -0.2) is 32.6 Å². The van der Waals surface area contributed by atoms with E-state index in [0.29, 0.717) is 0 Å². The van der Waals surface area contributed by atoms with E-state index in [9.17, 15) is 9.59 Å². The van der Waals surface area contributed by atoms with Crippen LogP contribution in [0.5, 0.6) is 0 Å². The maximum absolute atomic E-state index is 10.1. The van der Waals surface area contributed by atoms with Gasteiger partial charge in [0.1, 0.15) is 0 Å². The maximum Gasteiger partial charge on any atom is 0.322 e. The molecule has 0 bridgehead atoms. The van der Waals surface area contributed by atoms with Crippen molar-refractivity contribution in [1.29, 1.82) is 0 Å². The average Bonchev–Trinajstić information content (AvgIpc) is 2.77. The van der Waals surface area contributed by atoms with E-state index in [1.165, 1.54) is 61.5 Å². The van der Waals surface area contributed by atoms with Crippen LogP contribution in [0.15, 0.2) is 48.5 Å². The van der Waals surface area contributed by atoms with Gasteiger partial charge in [0.2, 0.25) is 0 Å². The molecule has 1 amide bonds. The van der Waals surface area contributed by atoms with E-state index < -0.39 is 5.97 Å². The minimum atomic E-state index is -0.478. The molecule has 0 aliphatic carbocycles. The molecular formula is C24H33FmN2O3-. The number of amides is 1. The third-order valence-electron chi connectivity index (χ3n) is 4.35. The zero-order valence-electron chi connectivity index (χ0n) is 18.1. The van der Waals surface area contributed by atoms with Crippen LogP contribution in [-0.2, 0) is 27.3 Å². The average molecular weight is 655 g/mol. The second-order valence-electron chi connectivity index (χ2n) is 6.71. The number of benzene rings is 2. The van der Waals surface area contributed by atoms with Crippen LogP contribution in [0.1, 0.15) is 44.2 Å². The van der Waals surface area contributed by atoms with Gasteiger partial charge in [-0.3, -0.25) is 4.79 Å². The number of hydrogen-bond donors (Lipinski definition) is 2. The number of ether oxygens (including phenoxy) is 1. The summed E-state index contributed by atoms with van der Waals surface area (Å²) >= 11 is 0. The van der Waals surface area contributed by atoms with Crippen molar-refractivity contribution in [3.8, 4) is 11.1 Å². The fourth-order valence-corrected chi connectivity index (χ4v) is 2.65. The molecule has 6 heteroatoms. The maximum atomic E-state index is 10.1. The molecule has 0 fully saturated rings. The number of unbranched alkanes of at least 4 members (excludes halogenated alkanes) is 1. The summed E-state index contributed by atoms with van der Waals surface area (Å²) in [5.74, 6) is -0.478. The Hall–Kier alpha value is -3.66. The molecule has 0 spiro atoms. The van der Waals surface area contributed by atoms with E-state index in [4.69, 9.17) is 0 Å². The van der Waals surface area contributed by atoms with Gasteiger partial charge in [0, 0.05) is 6.54 Å².